The Labute approximate surface area is 172 Å². The highest BCUT2D eigenvalue weighted by molar-refractivity contribution is 7.89. The molecule has 0 aliphatic carbocycles. The van der Waals surface area contributed by atoms with Crippen LogP contribution in [0.5, 0.6) is 11.5 Å². The van der Waals surface area contributed by atoms with Gasteiger partial charge in [0, 0.05) is 25.2 Å². The van der Waals surface area contributed by atoms with Gasteiger partial charge in [-0.05, 0) is 29.8 Å². The van der Waals surface area contributed by atoms with Gasteiger partial charge in [-0.15, -0.1) is 0 Å². The first kappa shape index (κ1) is 20.1. The standard InChI is InChI=1S/C18H18N4O7S/c23-22(24)14-2-3-15(18(10-14)30(25,26)21-5-7-27-8-6-21)20-19-11-13-1-4-16-17(9-13)29-12-28-16/h1-4,9-11,20H,5-8,12H2/b19-11-. The zero-order valence-corrected chi connectivity index (χ0v) is 16.5. The number of sulfonamides is 1. The summed E-state index contributed by atoms with van der Waals surface area (Å²) in [4.78, 5) is 10.3. The van der Waals surface area contributed by atoms with Crippen LogP contribution in [0.1, 0.15) is 5.56 Å². The Morgan fingerprint density at radius 3 is 2.63 bits per heavy atom. The zero-order chi connectivity index (χ0) is 21.1. The van der Waals surface area contributed by atoms with Crippen LogP contribution < -0.4 is 14.9 Å². The minimum atomic E-state index is -3.98. The third-order valence-electron chi connectivity index (χ3n) is 4.56. The lowest BCUT2D eigenvalue weighted by Gasteiger charge is -2.26. The Kier molecular flexibility index (Phi) is 5.53. The van der Waals surface area contributed by atoms with Gasteiger partial charge in [0.25, 0.3) is 5.69 Å². The molecule has 0 radical (unpaired) electrons. The topological polar surface area (TPSA) is 133 Å². The van der Waals surface area contributed by atoms with Gasteiger partial charge in [0.15, 0.2) is 11.5 Å². The van der Waals surface area contributed by atoms with E-state index in [1.54, 1.807) is 18.2 Å². The lowest BCUT2D eigenvalue weighted by atomic mass is 10.2. The summed E-state index contributed by atoms with van der Waals surface area (Å²) < 4.78 is 43.1. The molecule has 1 N–H and O–H groups in total. The van der Waals surface area contributed by atoms with Crippen molar-refractivity contribution in [2.75, 3.05) is 38.5 Å². The van der Waals surface area contributed by atoms with Gasteiger partial charge in [-0.3, -0.25) is 15.5 Å². The van der Waals surface area contributed by atoms with Crippen molar-refractivity contribution in [3.63, 3.8) is 0 Å². The summed E-state index contributed by atoms with van der Waals surface area (Å²) in [7, 11) is -3.98. The van der Waals surface area contributed by atoms with Crippen molar-refractivity contribution >= 4 is 27.6 Å². The first-order valence-electron chi connectivity index (χ1n) is 9.00. The predicted molar refractivity (Wildman–Crippen MR) is 106 cm³/mol. The molecule has 12 heteroatoms. The van der Waals surface area contributed by atoms with Crippen molar-refractivity contribution < 1.29 is 27.6 Å². The number of hydrogen-bond donors (Lipinski definition) is 1. The van der Waals surface area contributed by atoms with Gasteiger partial charge in [-0.25, -0.2) is 8.42 Å². The molecule has 2 aromatic rings. The number of nitrogens with one attached hydrogen (secondary N) is 1. The summed E-state index contributed by atoms with van der Waals surface area (Å²) in [5.74, 6) is 1.22. The second-order valence-corrected chi connectivity index (χ2v) is 8.34. The second kappa shape index (κ2) is 8.26. The Morgan fingerprint density at radius 2 is 1.87 bits per heavy atom. The molecule has 11 nitrogen and oxygen atoms in total. The number of fused-ring (bicyclic) bond motifs is 1. The van der Waals surface area contributed by atoms with Gasteiger partial charge < -0.3 is 14.2 Å². The highest BCUT2D eigenvalue weighted by Gasteiger charge is 2.30. The van der Waals surface area contributed by atoms with Crippen LogP contribution in [0.15, 0.2) is 46.4 Å². The summed E-state index contributed by atoms with van der Waals surface area (Å²) >= 11 is 0. The van der Waals surface area contributed by atoms with E-state index in [1.807, 2.05) is 0 Å². The molecular formula is C18H18N4O7S. The number of anilines is 1. The third kappa shape index (κ3) is 4.06. The van der Waals surface area contributed by atoms with Crippen LogP contribution in [0.25, 0.3) is 0 Å². The largest absolute Gasteiger partial charge is 0.454 e. The summed E-state index contributed by atoms with van der Waals surface area (Å²) in [6, 6.07) is 8.81. The number of nitro benzene ring substituents is 1. The highest BCUT2D eigenvalue weighted by Crippen LogP contribution is 2.32. The number of morpholine rings is 1. The SMILES string of the molecule is O=[N+]([O-])c1ccc(N/N=C\c2ccc3c(c2)OCO3)c(S(=O)(=O)N2CCOCC2)c1. The van der Waals surface area contributed by atoms with E-state index >= 15 is 0 Å². The molecule has 1 fully saturated rings. The molecule has 0 atom stereocenters. The van der Waals surface area contributed by atoms with E-state index in [2.05, 4.69) is 10.5 Å². The summed E-state index contributed by atoms with van der Waals surface area (Å²) in [6.07, 6.45) is 1.48. The van der Waals surface area contributed by atoms with E-state index < -0.39 is 14.9 Å². The van der Waals surface area contributed by atoms with E-state index in [0.29, 0.717) is 17.1 Å². The molecule has 1 saturated heterocycles. The summed E-state index contributed by atoms with van der Waals surface area (Å²) in [6.45, 7) is 1.02. The van der Waals surface area contributed by atoms with Crippen molar-refractivity contribution in [1.29, 1.82) is 0 Å². The molecule has 0 bridgehead atoms. The van der Waals surface area contributed by atoms with Crippen LogP contribution in [-0.4, -0.2) is 57.0 Å². The van der Waals surface area contributed by atoms with Gasteiger partial charge in [0.05, 0.1) is 30.0 Å². The summed E-state index contributed by atoms with van der Waals surface area (Å²) in [5, 5.41) is 15.2. The zero-order valence-electron chi connectivity index (χ0n) is 15.7. The van der Waals surface area contributed by atoms with Gasteiger partial charge >= 0.3 is 0 Å². The number of hydrazone groups is 1. The number of non-ortho nitro benzene ring substituents is 1. The Bertz CT molecular complexity index is 1100. The van der Waals surface area contributed by atoms with Crippen LogP contribution in [0.2, 0.25) is 0 Å². The van der Waals surface area contributed by atoms with Crippen molar-refractivity contribution in [3.8, 4) is 11.5 Å². The fourth-order valence-electron chi connectivity index (χ4n) is 3.03. The fourth-order valence-corrected chi connectivity index (χ4v) is 4.60. The van der Waals surface area contributed by atoms with Gasteiger partial charge in [0.2, 0.25) is 16.8 Å². The first-order valence-corrected chi connectivity index (χ1v) is 10.4. The fraction of sp³-hybridized carbons (Fsp3) is 0.278. The van der Waals surface area contributed by atoms with Gasteiger partial charge in [0.1, 0.15) is 4.90 Å². The minimum absolute atomic E-state index is 0.129. The van der Waals surface area contributed by atoms with Gasteiger partial charge in [-0.1, -0.05) is 0 Å². The van der Waals surface area contributed by atoms with Crippen molar-refractivity contribution in [2.24, 2.45) is 5.10 Å². The van der Waals surface area contributed by atoms with E-state index in [1.165, 1.54) is 22.7 Å². The van der Waals surface area contributed by atoms with E-state index in [4.69, 9.17) is 14.2 Å². The van der Waals surface area contributed by atoms with Crippen molar-refractivity contribution in [1.82, 2.24) is 4.31 Å². The van der Waals surface area contributed by atoms with Crippen molar-refractivity contribution in [3.05, 3.63) is 52.1 Å². The van der Waals surface area contributed by atoms with Gasteiger partial charge in [-0.2, -0.15) is 9.41 Å². The lowest BCUT2D eigenvalue weighted by molar-refractivity contribution is -0.385. The monoisotopic (exact) mass is 434 g/mol. The van der Waals surface area contributed by atoms with Crippen LogP contribution in [0.4, 0.5) is 11.4 Å². The molecule has 158 valence electrons. The molecule has 0 unspecified atom stereocenters. The molecule has 2 aliphatic rings. The van der Waals surface area contributed by atoms with Crippen LogP contribution in [-0.2, 0) is 14.8 Å². The Morgan fingerprint density at radius 1 is 1.10 bits per heavy atom. The number of ether oxygens (including phenoxy) is 3. The van der Waals surface area contributed by atoms with Crippen LogP contribution in [0, 0.1) is 10.1 Å². The maximum Gasteiger partial charge on any atom is 0.270 e. The number of rotatable bonds is 6. The van der Waals surface area contributed by atoms with E-state index in [-0.39, 0.29) is 49.4 Å². The molecule has 4 rings (SSSR count). The molecule has 0 aromatic heterocycles. The average molecular weight is 434 g/mol. The van der Waals surface area contributed by atoms with Crippen LogP contribution in [0.3, 0.4) is 0 Å². The quantitative estimate of drug-likeness (QED) is 0.413. The molecule has 2 aliphatic heterocycles. The molecule has 0 amide bonds. The molecule has 30 heavy (non-hydrogen) atoms. The van der Waals surface area contributed by atoms with Crippen LogP contribution >= 0.6 is 0 Å². The smallest absolute Gasteiger partial charge is 0.270 e. The van der Waals surface area contributed by atoms with E-state index in [0.717, 1.165) is 6.07 Å². The maximum absolute atomic E-state index is 13.1. The molecule has 2 heterocycles. The number of hydrogen-bond acceptors (Lipinski definition) is 9. The number of nitro groups is 1. The maximum atomic E-state index is 13.1. The Hall–Kier alpha value is -3.22. The number of benzene rings is 2. The van der Waals surface area contributed by atoms with Crippen molar-refractivity contribution in [2.45, 2.75) is 4.90 Å². The molecule has 2 aromatic carbocycles. The highest BCUT2D eigenvalue weighted by atomic mass is 32.2. The normalized spacial score (nSPS) is 16.7. The Balaban J connectivity index is 1.61. The lowest BCUT2D eigenvalue weighted by Crippen LogP contribution is -2.40. The predicted octanol–water partition coefficient (Wildman–Crippen LogP) is 1.79. The number of nitrogens with zero attached hydrogens (tertiary/aromatic N) is 3. The minimum Gasteiger partial charge on any atom is -0.454 e. The molecule has 0 spiro atoms. The average Bonchev–Trinajstić information content (AvgIpc) is 3.22. The first-order chi connectivity index (χ1) is 14.4. The second-order valence-electron chi connectivity index (χ2n) is 6.44. The molecular weight excluding hydrogens is 416 g/mol. The summed E-state index contributed by atoms with van der Waals surface area (Å²) in [5.41, 5.74) is 3.18. The third-order valence-corrected chi connectivity index (χ3v) is 6.50. The van der Waals surface area contributed by atoms with E-state index in [9.17, 15) is 18.5 Å². The molecule has 0 saturated carbocycles.